The van der Waals surface area contributed by atoms with Gasteiger partial charge in [-0.25, -0.2) is 0 Å². The Bertz CT molecular complexity index is 372. The molecule has 0 atom stereocenters. The van der Waals surface area contributed by atoms with Gasteiger partial charge in [0.15, 0.2) is 0 Å². The first-order chi connectivity index (χ1) is 6.03. The predicted molar refractivity (Wildman–Crippen MR) is 58.0 cm³/mol. The van der Waals surface area contributed by atoms with E-state index < -0.39 is 10.1 Å². The molecule has 1 aromatic rings. The molecule has 1 rings (SSSR count). The van der Waals surface area contributed by atoms with E-state index >= 15 is 0 Å². The average molecular weight is 257 g/mol. The third kappa shape index (κ3) is 4.28. The molecule has 0 aliphatic rings. The zero-order valence-electron chi connectivity index (χ0n) is 7.44. The highest BCUT2D eigenvalue weighted by Gasteiger charge is 2.10. The minimum absolute atomic E-state index is 0. The lowest BCUT2D eigenvalue weighted by Crippen LogP contribution is -2.02. The fourth-order valence-electron chi connectivity index (χ4n) is 0.911. The van der Waals surface area contributed by atoms with Crippen molar-refractivity contribution >= 4 is 34.4 Å². The Hall–Kier alpha value is -0.290. The summed E-state index contributed by atoms with van der Waals surface area (Å²) in [7, 11) is -3.62. The zero-order chi connectivity index (χ0) is 9.90. The van der Waals surface area contributed by atoms with E-state index in [2.05, 4.69) is 3.74 Å². The number of rotatable bonds is 3. The molecule has 0 aliphatic heterocycles. The first-order valence-corrected chi connectivity index (χ1v) is 5.50. The molecule has 0 saturated heterocycles. The van der Waals surface area contributed by atoms with Crippen LogP contribution in [0.5, 0.6) is 0 Å². The topological polar surface area (TPSA) is 43.4 Å². The normalized spacial score (nSPS) is 10.7. The first-order valence-electron chi connectivity index (χ1n) is 3.62. The highest BCUT2D eigenvalue weighted by molar-refractivity contribution is 7.86. The van der Waals surface area contributed by atoms with Crippen LogP contribution in [-0.4, -0.2) is 8.42 Å². The van der Waals surface area contributed by atoms with Crippen molar-refractivity contribution in [1.29, 1.82) is 0 Å². The van der Waals surface area contributed by atoms with E-state index in [0.717, 1.165) is 5.56 Å². The van der Waals surface area contributed by atoms with Gasteiger partial charge >= 0.3 is 0 Å². The zero-order valence-corrected chi connectivity index (χ0v) is 9.82. The van der Waals surface area contributed by atoms with Crippen molar-refractivity contribution in [2.45, 2.75) is 12.7 Å². The quantitative estimate of drug-likeness (QED) is 0.835. The number of aryl methyl sites for hydroxylation is 1. The molecule has 0 saturated carbocycles. The molecular weight excluding hydrogens is 247 g/mol. The van der Waals surface area contributed by atoms with E-state index in [0.29, 0.717) is 5.56 Å². The van der Waals surface area contributed by atoms with E-state index in [1.807, 2.05) is 19.1 Å². The Balaban J connectivity index is 0.00000169. The van der Waals surface area contributed by atoms with E-state index in [-0.39, 0.29) is 18.2 Å². The van der Waals surface area contributed by atoms with Crippen LogP contribution in [0.15, 0.2) is 24.3 Å². The van der Waals surface area contributed by atoms with Crippen LogP contribution in [0.4, 0.5) is 0 Å². The Morgan fingerprint density at radius 3 is 2.21 bits per heavy atom. The molecule has 0 unspecified atom stereocenters. The van der Waals surface area contributed by atoms with Crippen molar-refractivity contribution in [2.75, 3.05) is 0 Å². The van der Waals surface area contributed by atoms with E-state index in [4.69, 9.17) is 11.9 Å². The van der Waals surface area contributed by atoms with Gasteiger partial charge in [-0.15, -0.1) is 12.4 Å². The molecule has 0 bridgehead atoms. The molecule has 0 radical (unpaired) electrons. The summed E-state index contributed by atoms with van der Waals surface area (Å²) in [4.78, 5) is 0. The van der Waals surface area contributed by atoms with Crippen molar-refractivity contribution in [3.8, 4) is 0 Å². The number of hydrogen-bond donors (Lipinski definition) is 0. The third-order valence-electron chi connectivity index (χ3n) is 1.56. The molecule has 0 spiro atoms. The third-order valence-corrected chi connectivity index (χ3v) is 3.01. The van der Waals surface area contributed by atoms with Crippen LogP contribution in [-0.2, 0) is 19.6 Å². The van der Waals surface area contributed by atoms with Crippen LogP contribution in [0.3, 0.4) is 0 Å². The minimum Gasteiger partial charge on any atom is -0.198 e. The molecule has 80 valence electrons. The van der Waals surface area contributed by atoms with Gasteiger partial charge < -0.3 is 0 Å². The van der Waals surface area contributed by atoms with Crippen LogP contribution in [0.2, 0.25) is 0 Å². The second-order valence-corrected chi connectivity index (χ2v) is 4.66. The van der Waals surface area contributed by atoms with Crippen molar-refractivity contribution in [3.05, 3.63) is 35.4 Å². The van der Waals surface area contributed by atoms with Gasteiger partial charge in [0.25, 0.3) is 10.1 Å². The Labute approximate surface area is 94.7 Å². The molecule has 0 N–H and O–H groups in total. The summed E-state index contributed by atoms with van der Waals surface area (Å²) in [6.45, 7) is 1.93. The smallest absolute Gasteiger partial charge is 0.198 e. The minimum atomic E-state index is -3.62. The second kappa shape index (κ2) is 5.56. The predicted octanol–water partition coefficient (Wildman–Crippen LogP) is 2.42. The number of hydrogen-bond acceptors (Lipinski definition) is 3. The van der Waals surface area contributed by atoms with E-state index in [1.54, 1.807) is 12.1 Å². The van der Waals surface area contributed by atoms with Gasteiger partial charge in [-0.3, -0.25) is 0 Å². The number of halogens is 2. The summed E-state index contributed by atoms with van der Waals surface area (Å²) < 4.78 is 25.6. The van der Waals surface area contributed by atoms with E-state index in [1.165, 1.54) is 0 Å². The van der Waals surface area contributed by atoms with Crippen LogP contribution >= 0.6 is 24.3 Å². The summed E-state index contributed by atoms with van der Waals surface area (Å²) >= 11 is 4.79. The first kappa shape index (κ1) is 13.7. The Kier molecular flexibility index (Phi) is 5.44. The summed E-state index contributed by atoms with van der Waals surface area (Å²) in [5.74, 6) is -0.198. The summed E-state index contributed by atoms with van der Waals surface area (Å²) in [5, 5.41) is 0. The summed E-state index contributed by atoms with van der Waals surface area (Å²) in [6, 6.07) is 7.11. The number of benzene rings is 1. The Morgan fingerprint density at radius 1 is 1.29 bits per heavy atom. The highest BCUT2D eigenvalue weighted by atomic mass is 35.5. The second-order valence-electron chi connectivity index (χ2n) is 2.75. The molecule has 0 aliphatic carbocycles. The average Bonchev–Trinajstić information content (AvgIpc) is 2.09. The van der Waals surface area contributed by atoms with Gasteiger partial charge in [-0.05, 0) is 12.5 Å². The van der Waals surface area contributed by atoms with Crippen molar-refractivity contribution in [1.82, 2.24) is 0 Å². The molecule has 1 aromatic carbocycles. The van der Waals surface area contributed by atoms with Gasteiger partial charge in [0.1, 0.15) is 5.75 Å². The summed E-state index contributed by atoms with van der Waals surface area (Å²) in [6.07, 6.45) is 0. The van der Waals surface area contributed by atoms with Crippen molar-refractivity contribution in [2.24, 2.45) is 0 Å². The van der Waals surface area contributed by atoms with Crippen LogP contribution in [0.25, 0.3) is 0 Å². The fourth-order valence-corrected chi connectivity index (χ4v) is 1.69. The van der Waals surface area contributed by atoms with Crippen LogP contribution in [0.1, 0.15) is 11.1 Å². The van der Waals surface area contributed by atoms with Crippen LogP contribution in [0, 0.1) is 6.92 Å². The molecule has 6 heteroatoms. The molecule has 14 heavy (non-hydrogen) atoms. The molecule has 0 amide bonds. The summed E-state index contributed by atoms with van der Waals surface area (Å²) in [5.41, 5.74) is 1.74. The van der Waals surface area contributed by atoms with E-state index in [9.17, 15) is 8.42 Å². The Morgan fingerprint density at radius 2 is 1.79 bits per heavy atom. The molecule has 0 heterocycles. The maximum Gasteiger partial charge on any atom is 0.287 e. The SMILES string of the molecule is Cc1ccc(CS(=O)(=O)OCl)cc1.Cl. The van der Waals surface area contributed by atoms with Crippen molar-refractivity contribution in [3.63, 3.8) is 0 Å². The lowest BCUT2D eigenvalue weighted by atomic mass is 10.2. The van der Waals surface area contributed by atoms with Gasteiger partial charge in [0.05, 0.1) is 11.9 Å². The maximum absolute atomic E-state index is 10.9. The molecule has 3 nitrogen and oxygen atoms in total. The monoisotopic (exact) mass is 256 g/mol. The maximum atomic E-state index is 10.9. The lowest BCUT2D eigenvalue weighted by molar-refractivity contribution is 0.508. The largest absolute Gasteiger partial charge is 0.287 e. The lowest BCUT2D eigenvalue weighted by Gasteiger charge is -1.99. The van der Waals surface area contributed by atoms with Gasteiger partial charge in [-0.2, -0.15) is 12.2 Å². The van der Waals surface area contributed by atoms with Gasteiger partial charge in [0, 0.05) is 0 Å². The molecule has 0 fully saturated rings. The highest BCUT2D eigenvalue weighted by Crippen LogP contribution is 2.09. The fraction of sp³-hybridized carbons (Fsp3) is 0.250. The molecular formula is C8H10Cl2O3S. The standard InChI is InChI=1S/C8H9ClO3S.ClH/c1-7-2-4-8(5-3-7)6-13(10,11)12-9;/h2-5H,6H2,1H3;1H. The van der Waals surface area contributed by atoms with Crippen LogP contribution < -0.4 is 0 Å². The van der Waals surface area contributed by atoms with Crippen molar-refractivity contribution < 1.29 is 12.2 Å². The van der Waals surface area contributed by atoms with Gasteiger partial charge in [-0.1, -0.05) is 29.8 Å². The van der Waals surface area contributed by atoms with Gasteiger partial charge in [0.2, 0.25) is 0 Å². The molecule has 0 aromatic heterocycles.